The predicted octanol–water partition coefficient (Wildman–Crippen LogP) is -1.01. The van der Waals surface area contributed by atoms with Crippen molar-refractivity contribution >= 4 is 17.6 Å². The van der Waals surface area contributed by atoms with Crippen LogP contribution in [-0.4, -0.2) is 16.2 Å². The highest BCUT2D eigenvalue weighted by molar-refractivity contribution is 6.30. The maximum atomic E-state index is 11.4. The number of aliphatic hydroxyl groups is 1. The number of carboxylic acids is 1. The van der Waals surface area contributed by atoms with Gasteiger partial charge in [-0.25, -0.2) is 4.79 Å². The van der Waals surface area contributed by atoms with Gasteiger partial charge in [-0.1, -0.05) is 29.8 Å². The molecule has 2 atom stereocenters. The SMILES string of the molecule is O=C(O)C(C(O)c1ccc(Cl)cc1)[n+]1ccccc1.[Br-]. The number of halogens is 2. The molecular formula is C14H13BrClNO3. The Hall–Kier alpha value is -1.43. The zero-order valence-corrected chi connectivity index (χ0v) is 12.7. The Kier molecular flexibility index (Phi) is 6.13. The van der Waals surface area contributed by atoms with Gasteiger partial charge < -0.3 is 27.2 Å². The lowest BCUT2D eigenvalue weighted by molar-refractivity contribution is -0.719. The highest BCUT2D eigenvalue weighted by Crippen LogP contribution is 2.23. The van der Waals surface area contributed by atoms with Crippen molar-refractivity contribution in [2.45, 2.75) is 12.1 Å². The molecule has 1 aromatic heterocycles. The minimum absolute atomic E-state index is 0. The van der Waals surface area contributed by atoms with Crippen LogP contribution in [0.5, 0.6) is 0 Å². The predicted molar refractivity (Wildman–Crippen MR) is 69.7 cm³/mol. The van der Waals surface area contributed by atoms with Crippen molar-refractivity contribution in [1.82, 2.24) is 0 Å². The van der Waals surface area contributed by atoms with E-state index in [1.807, 2.05) is 0 Å². The molecule has 6 heteroatoms. The van der Waals surface area contributed by atoms with E-state index in [2.05, 4.69) is 0 Å². The van der Waals surface area contributed by atoms with Crippen LogP contribution in [0.25, 0.3) is 0 Å². The summed E-state index contributed by atoms with van der Waals surface area (Å²) in [6.07, 6.45) is 2.07. The van der Waals surface area contributed by atoms with E-state index in [1.54, 1.807) is 54.9 Å². The van der Waals surface area contributed by atoms with E-state index in [1.165, 1.54) is 4.57 Å². The summed E-state index contributed by atoms with van der Waals surface area (Å²) in [6.45, 7) is 0. The molecule has 0 amide bonds. The van der Waals surface area contributed by atoms with E-state index in [-0.39, 0.29) is 17.0 Å². The molecule has 0 aliphatic heterocycles. The van der Waals surface area contributed by atoms with E-state index in [0.717, 1.165) is 0 Å². The Morgan fingerprint density at radius 3 is 2.15 bits per heavy atom. The first-order chi connectivity index (χ1) is 9.09. The van der Waals surface area contributed by atoms with E-state index >= 15 is 0 Å². The molecule has 0 radical (unpaired) electrons. The van der Waals surface area contributed by atoms with Crippen LogP contribution in [0.1, 0.15) is 17.7 Å². The maximum Gasteiger partial charge on any atom is 0.376 e. The van der Waals surface area contributed by atoms with Crippen molar-refractivity contribution in [2.75, 3.05) is 0 Å². The molecule has 20 heavy (non-hydrogen) atoms. The molecule has 0 spiro atoms. The minimum atomic E-state index is -1.15. The third-order valence-corrected chi connectivity index (χ3v) is 3.08. The Labute approximate surface area is 132 Å². The van der Waals surface area contributed by atoms with Crippen molar-refractivity contribution in [2.24, 2.45) is 0 Å². The fourth-order valence-electron chi connectivity index (χ4n) is 1.87. The number of carboxylic acid groups (broad SMARTS) is 1. The molecule has 1 aromatic carbocycles. The fraction of sp³-hybridized carbons (Fsp3) is 0.143. The van der Waals surface area contributed by atoms with Crippen molar-refractivity contribution in [3.63, 3.8) is 0 Å². The van der Waals surface area contributed by atoms with Gasteiger partial charge in [-0.3, -0.25) is 0 Å². The molecule has 4 nitrogen and oxygen atoms in total. The van der Waals surface area contributed by atoms with Gasteiger partial charge in [0.05, 0.1) is 0 Å². The number of nitrogens with zero attached hydrogens (tertiary/aromatic N) is 1. The zero-order chi connectivity index (χ0) is 13.8. The topological polar surface area (TPSA) is 61.4 Å². The summed E-state index contributed by atoms with van der Waals surface area (Å²) in [4.78, 5) is 11.4. The van der Waals surface area contributed by atoms with Crippen molar-refractivity contribution in [3.8, 4) is 0 Å². The van der Waals surface area contributed by atoms with Gasteiger partial charge >= 0.3 is 5.97 Å². The Balaban J connectivity index is 0.00000200. The summed E-state index contributed by atoms with van der Waals surface area (Å²) in [5, 5.41) is 20.1. The fourth-order valence-corrected chi connectivity index (χ4v) is 1.99. The summed E-state index contributed by atoms with van der Waals surface area (Å²) in [7, 11) is 0. The number of carbonyl (C=O) groups is 1. The number of aliphatic hydroxyl groups excluding tert-OH is 1. The molecule has 0 fully saturated rings. The Bertz CT molecular complexity index is 562. The smallest absolute Gasteiger partial charge is 0.376 e. The molecular weight excluding hydrogens is 346 g/mol. The summed E-state index contributed by atoms with van der Waals surface area (Å²) in [6, 6.07) is 10.6. The third-order valence-electron chi connectivity index (χ3n) is 2.82. The molecule has 0 aliphatic rings. The summed E-state index contributed by atoms with van der Waals surface area (Å²) >= 11 is 5.77. The third kappa shape index (κ3) is 3.79. The number of hydrogen-bond donors (Lipinski definition) is 2. The average molecular weight is 359 g/mol. The van der Waals surface area contributed by atoms with Gasteiger partial charge in [0.25, 0.3) is 6.04 Å². The average Bonchev–Trinajstić information content (AvgIpc) is 2.40. The van der Waals surface area contributed by atoms with Gasteiger partial charge in [-0.05, 0) is 17.7 Å². The second-order valence-electron chi connectivity index (χ2n) is 4.10. The van der Waals surface area contributed by atoms with E-state index < -0.39 is 18.1 Å². The van der Waals surface area contributed by atoms with Crippen LogP contribution in [0.15, 0.2) is 54.9 Å². The Morgan fingerprint density at radius 1 is 1.10 bits per heavy atom. The van der Waals surface area contributed by atoms with Gasteiger partial charge in [0.2, 0.25) is 0 Å². The molecule has 106 valence electrons. The van der Waals surface area contributed by atoms with Gasteiger partial charge in [0.1, 0.15) is 0 Å². The largest absolute Gasteiger partial charge is 1.00 e. The summed E-state index contributed by atoms with van der Waals surface area (Å²) in [5.41, 5.74) is 0.508. The first-order valence-electron chi connectivity index (χ1n) is 5.71. The Morgan fingerprint density at radius 2 is 1.65 bits per heavy atom. The van der Waals surface area contributed by atoms with Crippen LogP contribution >= 0.6 is 11.6 Å². The lowest BCUT2D eigenvalue weighted by Crippen LogP contribution is -3.00. The monoisotopic (exact) mass is 357 g/mol. The number of aliphatic carboxylic acids is 1. The van der Waals surface area contributed by atoms with Crippen molar-refractivity contribution in [3.05, 3.63) is 65.4 Å². The summed E-state index contributed by atoms with van der Waals surface area (Å²) < 4.78 is 1.46. The van der Waals surface area contributed by atoms with Crippen LogP contribution in [0.3, 0.4) is 0 Å². The standard InChI is InChI=1S/C14H12ClNO3.BrH/c15-11-6-4-10(5-7-11)13(17)12(14(18)19)16-8-2-1-3-9-16;/h1-9,12-13,17H;1H. The lowest BCUT2D eigenvalue weighted by atomic mass is 10.0. The molecule has 2 aromatic rings. The molecule has 0 aliphatic carbocycles. The van der Waals surface area contributed by atoms with Gasteiger partial charge in [-0.2, -0.15) is 4.57 Å². The number of hydrogen-bond acceptors (Lipinski definition) is 2. The quantitative estimate of drug-likeness (QED) is 0.689. The highest BCUT2D eigenvalue weighted by atomic mass is 79.9. The normalized spacial score (nSPS) is 13.1. The zero-order valence-electron chi connectivity index (χ0n) is 10.4. The molecule has 0 saturated heterocycles. The molecule has 2 unspecified atom stereocenters. The molecule has 2 N–H and O–H groups in total. The van der Waals surface area contributed by atoms with E-state index in [9.17, 15) is 15.0 Å². The van der Waals surface area contributed by atoms with Gasteiger partial charge in [0.15, 0.2) is 18.5 Å². The highest BCUT2D eigenvalue weighted by Gasteiger charge is 2.36. The number of benzene rings is 1. The van der Waals surface area contributed by atoms with Crippen LogP contribution in [-0.2, 0) is 4.79 Å². The minimum Gasteiger partial charge on any atom is -1.00 e. The second-order valence-corrected chi connectivity index (χ2v) is 4.54. The second kappa shape index (κ2) is 7.38. The van der Waals surface area contributed by atoms with Crippen LogP contribution < -0.4 is 21.5 Å². The van der Waals surface area contributed by atoms with Crippen molar-refractivity contribution < 1.29 is 36.6 Å². The molecule has 0 bridgehead atoms. The summed E-state index contributed by atoms with van der Waals surface area (Å²) in [5.74, 6) is -1.10. The first-order valence-corrected chi connectivity index (χ1v) is 6.09. The molecule has 0 saturated carbocycles. The van der Waals surface area contributed by atoms with Gasteiger partial charge in [-0.15, -0.1) is 0 Å². The number of pyridine rings is 1. The van der Waals surface area contributed by atoms with E-state index in [4.69, 9.17) is 11.6 Å². The van der Waals surface area contributed by atoms with E-state index in [0.29, 0.717) is 10.6 Å². The van der Waals surface area contributed by atoms with Gasteiger partial charge in [0, 0.05) is 17.2 Å². The van der Waals surface area contributed by atoms with Crippen molar-refractivity contribution in [1.29, 1.82) is 0 Å². The van der Waals surface area contributed by atoms with Crippen LogP contribution in [0.4, 0.5) is 0 Å². The van der Waals surface area contributed by atoms with Crippen LogP contribution in [0, 0.1) is 0 Å². The lowest BCUT2D eigenvalue weighted by Gasteiger charge is -2.15. The number of aromatic nitrogens is 1. The molecule has 1 heterocycles. The molecule has 2 rings (SSSR count). The maximum absolute atomic E-state index is 11.4. The van der Waals surface area contributed by atoms with Crippen LogP contribution in [0.2, 0.25) is 5.02 Å². The first kappa shape index (κ1) is 16.6. The number of rotatable bonds is 4.